The number of likely N-dealkylation sites (N-methyl/N-ethyl adjacent to an activating group) is 1. The molecule has 5 rings (SSSR count). The van der Waals surface area contributed by atoms with Crippen molar-refractivity contribution in [2.24, 2.45) is 0 Å². The van der Waals surface area contributed by atoms with Gasteiger partial charge in [0.05, 0.1) is 11.8 Å². The lowest BCUT2D eigenvalue weighted by molar-refractivity contribution is -0.138. The van der Waals surface area contributed by atoms with Crippen LogP contribution in [0.1, 0.15) is 59.1 Å². The van der Waals surface area contributed by atoms with E-state index in [0.717, 1.165) is 37.1 Å². The number of halogens is 3. The molecule has 1 aliphatic rings. The van der Waals surface area contributed by atoms with Gasteiger partial charge in [0.2, 0.25) is 0 Å². The summed E-state index contributed by atoms with van der Waals surface area (Å²) in [5.74, 6) is 6.38. The van der Waals surface area contributed by atoms with Crippen molar-refractivity contribution in [2.75, 3.05) is 57.0 Å². The second-order valence-electron chi connectivity index (χ2n) is 10.7. The molecule has 0 radical (unpaired) electrons. The van der Waals surface area contributed by atoms with Gasteiger partial charge in [0.15, 0.2) is 5.65 Å². The summed E-state index contributed by atoms with van der Waals surface area (Å²) < 4.78 is 43.8. The number of hydrogen-bond donors (Lipinski definition) is 1. The number of amides is 1. The van der Waals surface area contributed by atoms with E-state index in [-0.39, 0.29) is 23.5 Å². The van der Waals surface area contributed by atoms with E-state index in [2.05, 4.69) is 44.0 Å². The Bertz CT molecular complexity index is 1700. The van der Waals surface area contributed by atoms with Gasteiger partial charge in [-0.25, -0.2) is 14.5 Å². The van der Waals surface area contributed by atoms with Gasteiger partial charge in [-0.3, -0.25) is 9.69 Å². The number of benzene rings is 1. The molecule has 3 aromatic heterocycles. The van der Waals surface area contributed by atoms with Crippen molar-refractivity contribution in [3.05, 3.63) is 82.3 Å². The summed E-state index contributed by atoms with van der Waals surface area (Å²) in [5, 5.41) is 7.18. The molecule has 9 nitrogen and oxygen atoms in total. The number of alkyl halides is 3. The van der Waals surface area contributed by atoms with Crippen LogP contribution in [0, 0.1) is 18.8 Å². The average molecular weight is 621 g/mol. The lowest BCUT2D eigenvalue weighted by Gasteiger charge is -2.34. The number of nitrogens with zero attached hydrogens (tertiary/aromatic N) is 7. The summed E-state index contributed by atoms with van der Waals surface area (Å²) in [5.41, 5.74) is 1.84. The molecule has 0 atom stereocenters. The van der Waals surface area contributed by atoms with Gasteiger partial charge in [-0.05, 0) is 60.8 Å². The van der Waals surface area contributed by atoms with Gasteiger partial charge in [-0.1, -0.05) is 32.8 Å². The Morgan fingerprint density at radius 2 is 1.69 bits per heavy atom. The number of aryl methyl sites for hydroxylation is 1. The smallest absolute Gasteiger partial charge is 0.361 e. The first kappa shape index (κ1) is 33.4. The Kier molecular flexibility index (Phi) is 10.8. The Hall–Kier alpha value is -4.47. The molecule has 1 aromatic carbocycles. The number of rotatable bonds is 6. The molecule has 238 valence electrons. The van der Waals surface area contributed by atoms with Crippen LogP contribution < -0.4 is 10.2 Å². The van der Waals surface area contributed by atoms with E-state index in [1.165, 1.54) is 12.1 Å². The van der Waals surface area contributed by atoms with E-state index in [4.69, 9.17) is 0 Å². The Labute approximate surface area is 262 Å². The second kappa shape index (κ2) is 14.5. The highest BCUT2D eigenvalue weighted by Gasteiger charge is 2.34. The maximum atomic E-state index is 14.0. The predicted molar refractivity (Wildman–Crippen MR) is 170 cm³/mol. The summed E-state index contributed by atoms with van der Waals surface area (Å²) in [6, 6.07) is 9.05. The first-order chi connectivity index (χ1) is 21.5. The Morgan fingerprint density at radius 1 is 0.978 bits per heavy atom. The number of imidazole rings is 1. The number of hydrogen-bond acceptors (Lipinski definition) is 7. The van der Waals surface area contributed by atoms with E-state index in [9.17, 15) is 18.0 Å². The first-order valence-electron chi connectivity index (χ1n) is 15.0. The lowest BCUT2D eigenvalue weighted by Crippen LogP contribution is -2.45. The molecule has 4 aromatic rings. The highest BCUT2D eigenvalue weighted by molar-refractivity contribution is 6.04. The molecule has 0 aliphatic carbocycles. The minimum Gasteiger partial charge on any atom is -0.361 e. The number of carbonyl (C=O) groups is 1. The van der Waals surface area contributed by atoms with Crippen LogP contribution in [-0.2, 0) is 12.7 Å². The molecule has 0 unspecified atom stereocenters. The lowest BCUT2D eigenvalue weighted by atomic mass is 10.0. The third-order valence-corrected chi connectivity index (χ3v) is 7.46. The van der Waals surface area contributed by atoms with Crippen molar-refractivity contribution in [1.29, 1.82) is 0 Å². The predicted octanol–water partition coefficient (Wildman–Crippen LogP) is 5.33. The summed E-state index contributed by atoms with van der Waals surface area (Å²) in [6.45, 7) is 12.0. The maximum absolute atomic E-state index is 14.0. The summed E-state index contributed by atoms with van der Waals surface area (Å²) in [6.07, 6.45) is -1.41. The number of anilines is 2. The minimum atomic E-state index is -4.60. The number of piperazine rings is 1. The minimum absolute atomic E-state index is 0.101. The fraction of sp³-hybridized carbons (Fsp3) is 0.394. The number of carbonyl (C=O) groups excluding carboxylic acids is 1. The number of fused-ring (bicyclic) bond motifs is 1. The van der Waals surface area contributed by atoms with Crippen LogP contribution in [0.4, 0.5) is 24.8 Å². The molecular weight excluding hydrogens is 581 g/mol. The molecule has 1 amide bonds. The third kappa shape index (κ3) is 8.17. The molecule has 1 fully saturated rings. The molecule has 12 heteroatoms. The topological polar surface area (TPSA) is 81.9 Å². The van der Waals surface area contributed by atoms with Crippen LogP contribution in [0.25, 0.3) is 5.65 Å². The van der Waals surface area contributed by atoms with E-state index in [1.54, 1.807) is 23.0 Å². The molecule has 0 bridgehead atoms. The van der Waals surface area contributed by atoms with Crippen molar-refractivity contribution in [3.8, 4) is 11.8 Å². The van der Waals surface area contributed by atoms with Crippen LogP contribution in [0.15, 0.2) is 48.8 Å². The quantitative estimate of drug-likeness (QED) is 0.292. The van der Waals surface area contributed by atoms with Crippen LogP contribution in [0.5, 0.6) is 0 Å². The largest absolute Gasteiger partial charge is 0.416 e. The summed E-state index contributed by atoms with van der Waals surface area (Å²) in [4.78, 5) is 27.8. The van der Waals surface area contributed by atoms with Crippen LogP contribution in [0.3, 0.4) is 0 Å². The number of aromatic nitrogens is 4. The standard InChI is InChI=1S/C31H33F3N8O.C2H6/c1-5-40-12-14-41(15-13-40)20-24-7-6-23(16-26(24)31(32,33)34)30(43)37-27-17-22(21(2)18-35-27)8-9-25-19-36-28-10-11-29(39(3)4)38-42(25)28;1-2/h6-7,10-11,16-19H,5,12-15,20H2,1-4H3,(H,35,37,43);1-2H3. The molecule has 4 heterocycles. The molecule has 45 heavy (non-hydrogen) atoms. The molecule has 0 saturated carbocycles. The van der Waals surface area contributed by atoms with E-state index in [0.29, 0.717) is 30.0 Å². The van der Waals surface area contributed by atoms with Crippen LogP contribution in [-0.4, -0.2) is 82.1 Å². The fourth-order valence-corrected chi connectivity index (χ4v) is 4.86. The highest BCUT2D eigenvalue weighted by atomic mass is 19.4. The summed E-state index contributed by atoms with van der Waals surface area (Å²) in [7, 11) is 3.78. The zero-order valence-corrected chi connectivity index (χ0v) is 26.5. The van der Waals surface area contributed by atoms with Gasteiger partial charge >= 0.3 is 6.18 Å². The highest BCUT2D eigenvalue weighted by Crippen LogP contribution is 2.33. The second-order valence-corrected chi connectivity index (χ2v) is 10.7. The van der Waals surface area contributed by atoms with E-state index < -0.39 is 17.6 Å². The normalized spacial score (nSPS) is 13.9. The number of nitrogens with one attached hydrogen (secondary N) is 1. The van der Waals surface area contributed by atoms with Gasteiger partial charge in [-0.15, -0.1) is 5.10 Å². The van der Waals surface area contributed by atoms with E-state index >= 15 is 0 Å². The molecule has 0 spiro atoms. The van der Waals surface area contributed by atoms with E-state index in [1.807, 2.05) is 56.8 Å². The SMILES string of the molecule is CC.CCN1CCN(Cc2ccc(C(=O)Nc3cc(C#Cc4cnc5ccc(N(C)C)nn45)c(C)cn3)cc2C(F)(F)F)CC1. The zero-order valence-electron chi connectivity index (χ0n) is 26.5. The Balaban J connectivity index is 0.00000226. The van der Waals surface area contributed by atoms with Crippen molar-refractivity contribution in [1.82, 2.24) is 29.4 Å². The summed E-state index contributed by atoms with van der Waals surface area (Å²) >= 11 is 0. The van der Waals surface area contributed by atoms with Crippen LogP contribution in [0.2, 0.25) is 0 Å². The molecule has 1 N–H and O–H groups in total. The van der Waals surface area contributed by atoms with Crippen LogP contribution >= 0.6 is 0 Å². The maximum Gasteiger partial charge on any atom is 0.416 e. The average Bonchev–Trinajstić information content (AvgIpc) is 3.44. The third-order valence-electron chi connectivity index (χ3n) is 7.46. The van der Waals surface area contributed by atoms with Crippen molar-refractivity contribution < 1.29 is 18.0 Å². The van der Waals surface area contributed by atoms with Gasteiger partial charge in [0.1, 0.15) is 17.3 Å². The molecule has 1 saturated heterocycles. The Morgan fingerprint density at radius 3 is 2.36 bits per heavy atom. The van der Waals surface area contributed by atoms with Crippen molar-refractivity contribution >= 4 is 23.2 Å². The first-order valence-corrected chi connectivity index (χ1v) is 15.0. The fourth-order valence-electron chi connectivity index (χ4n) is 4.86. The van der Waals surface area contributed by atoms with Gasteiger partial charge in [-0.2, -0.15) is 13.2 Å². The monoisotopic (exact) mass is 620 g/mol. The molecule has 1 aliphatic heterocycles. The van der Waals surface area contributed by atoms with Gasteiger partial charge in [0, 0.05) is 64.1 Å². The molecular formula is C33H39F3N8O. The van der Waals surface area contributed by atoms with Gasteiger partial charge in [0.25, 0.3) is 5.91 Å². The van der Waals surface area contributed by atoms with Gasteiger partial charge < -0.3 is 15.1 Å². The van der Waals surface area contributed by atoms with Crippen molar-refractivity contribution in [2.45, 2.75) is 40.4 Å². The van der Waals surface area contributed by atoms with Crippen molar-refractivity contribution in [3.63, 3.8) is 0 Å². The number of pyridine rings is 1. The zero-order chi connectivity index (χ0) is 32.7.